The topological polar surface area (TPSA) is 15.3 Å². The number of benzene rings is 2. The highest BCUT2D eigenvalue weighted by Crippen LogP contribution is 2.32. The van der Waals surface area contributed by atoms with E-state index in [2.05, 4.69) is 5.32 Å². The first kappa shape index (κ1) is 13.5. The minimum Gasteiger partial charge on any atom is -0.314 e. The number of halogens is 2. The van der Waals surface area contributed by atoms with Crippen LogP contribution in [0.4, 0.5) is 8.78 Å². The van der Waals surface area contributed by atoms with Gasteiger partial charge in [0.05, 0.1) is 6.04 Å². The van der Waals surface area contributed by atoms with Crippen molar-refractivity contribution in [2.75, 3.05) is 26.2 Å². The van der Waals surface area contributed by atoms with Gasteiger partial charge in [0.1, 0.15) is 0 Å². The molecule has 3 rings (SSSR count). The average molecular weight is 276 g/mol. The molecule has 2 nitrogen and oxygen atoms in total. The average Bonchev–Trinajstić information content (AvgIpc) is 2.48. The molecule has 1 fully saturated rings. The van der Waals surface area contributed by atoms with Gasteiger partial charge in [0, 0.05) is 26.2 Å². The molecule has 0 saturated carbocycles. The van der Waals surface area contributed by atoms with E-state index < -0.39 is 12.5 Å². The first-order valence-corrected chi connectivity index (χ1v) is 6.98. The molecule has 1 N–H and O–H groups in total. The third-order valence-electron chi connectivity index (χ3n) is 3.93. The monoisotopic (exact) mass is 276 g/mol. The smallest absolute Gasteiger partial charge is 0.258 e. The molecule has 2 aromatic carbocycles. The highest BCUT2D eigenvalue weighted by Gasteiger charge is 2.31. The molecule has 1 aliphatic heterocycles. The zero-order chi connectivity index (χ0) is 13.9. The normalized spacial score (nSPS) is 18.6. The van der Waals surface area contributed by atoms with Crippen molar-refractivity contribution in [1.82, 2.24) is 10.2 Å². The van der Waals surface area contributed by atoms with Crippen LogP contribution in [0.25, 0.3) is 10.8 Å². The number of rotatable bonds is 3. The number of alkyl halides is 2. The van der Waals surface area contributed by atoms with E-state index in [4.69, 9.17) is 0 Å². The summed E-state index contributed by atoms with van der Waals surface area (Å²) in [5, 5.41) is 5.16. The standard InChI is InChI=1S/C16H18F2N2/c17-16(18)15(20-10-8-19-9-11-20)14-7-3-5-12-4-1-2-6-13(12)14/h1-7,15-16,19H,8-11H2/t15-/m1/s1. The molecule has 1 atom stereocenters. The highest BCUT2D eigenvalue weighted by atomic mass is 19.3. The van der Waals surface area contributed by atoms with Crippen molar-refractivity contribution in [3.63, 3.8) is 0 Å². The Morgan fingerprint density at radius 1 is 0.950 bits per heavy atom. The van der Waals surface area contributed by atoms with Crippen LogP contribution in [0, 0.1) is 0 Å². The van der Waals surface area contributed by atoms with Crippen LogP contribution < -0.4 is 5.32 Å². The number of fused-ring (bicyclic) bond motifs is 1. The Balaban J connectivity index is 2.05. The van der Waals surface area contributed by atoms with Crippen LogP contribution in [0.3, 0.4) is 0 Å². The predicted molar refractivity (Wildman–Crippen MR) is 77.1 cm³/mol. The molecule has 0 bridgehead atoms. The minimum atomic E-state index is -2.38. The molecule has 2 aromatic rings. The van der Waals surface area contributed by atoms with Crippen molar-refractivity contribution in [3.05, 3.63) is 48.0 Å². The van der Waals surface area contributed by atoms with Gasteiger partial charge < -0.3 is 5.32 Å². The van der Waals surface area contributed by atoms with Crippen molar-refractivity contribution >= 4 is 10.8 Å². The van der Waals surface area contributed by atoms with Crippen LogP contribution in [-0.2, 0) is 0 Å². The maximum Gasteiger partial charge on any atom is 0.258 e. The Morgan fingerprint density at radius 2 is 1.65 bits per heavy atom. The molecule has 4 heteroatoms. The van der Waals surface area contributed by atoms with E-state index >= 15 is 0 Å². The molecule has 0 radical (unpaired) electrons. The van der Waals surface area contributed by atoms with Crippen molar-refractivity contribution < 1.29 is 8.78 Å². The Hall–Kier alpha value is -1.52. The van der Waals surface area contributed by atoms with Crippen LogP contribution in [0.2, 0.25) is 0 Å². The molecule has 0 aromatic heterocycles. The van der Waals surface area contributed by atoms with E-state index in [0.717, 1.165) is 29.4 Å². The first-order valence-electron chi connectivity index (χ1n) is 6.98. The van der Waals surface area contributed by atoms with Crippen LogP contribution in [0.15, 0.2) is 42.5 Å². The lowest BCUT2D eigenvalue weighted by Crippen LogP contribution is -2.46. The van der Waals surface area contributed by atoms with Gasteiger partial charge in [-0.2, -0.15) is 0 Å². The number of hydrogen-bond acceptors (Lipinski definition) is 2. The molecule has 1 aliphatic rings. The van der Waals surface area contributed by atoms with Gasteiger partial charge >= 0.3 is 0 Å². The van der Waals surface area contributed by atoms with E-state index in [-0.39, 0.29) is 0 Å². The second-order valence-corrected chi connectivity index (χ2v) is 5.13. The van der Waals surface area contributed by atoms with Crippen molar-refractivity contribution in [1.29, 1.82) is 0 Å². The van der Waals surface area contributed by atoms with Crippen molar-refractivity contribution in [2.45, 2.75) is 12.5 Å². The SMILES string of the molecule is FC(F)[C@@H](c1cccc2ccccc12)N1CCNCC1. The van der Waals surface area contributed by atoms with E-state index in [1.807, 2.05) is 47.4 Å². The minimum absolute atomic E-state index is 0.665. The van der Waals surface area contributed by atoms with Crippen LogP contribution in [0.5, 0.6) is 0 Å². The molecular weight excluding hydrogens is 258 g/mol. The summed E-state index contributed by atoms with van der Waals surface area (Å²) in [6.45, 7) is 2.87. The maximum absolute atomic E-state index is 13.6. The number of nitrogens with zero attached hydrogens (tertiary/aromatic N) is 1. The fourth-order valence-corrected chi connectivity index (χ4v) is 2.96. The zero-order valence-electron chi connectivity index (χ0n) is 11.2. The lowest BCUT2D eigenvalue weighted by atomic mass is 9.97. The lowest BCUT2D eigenvalue weighted by molar-refractivity contribution is 0.0189. The summed E-state index contributed by atoms with van der Waals surface area (Å²) < 4.78 is 27.3. The summed E-state index contributed by atoms with van der Waals surface area (Å²) in [4.78, 5) is 1.89. The maximum atomic E-state index is 13.6. The van der Waals surface area contributed by atoms with Crippen LogP contribution >= 0.6 is 0 Å². The molecule has 0 aliphatic carbocycles. The number of nitrogens with one attached hydrogen (secondary N) is 1. The predicted octanol–water partition coefficient (Wildman–Crippen LogP) is 3.05. The van der Waals surface area contributed by atoms with Gasteiger partial charge in [-0.3, -0.25) is 4.90 Å². The third kappa shape index (κ3) is 2.53. The largest absolute Gasteiger partial charge is 0.314 e. The van der Waals surface area contributed by atoms with E-state index in [1.54, 1.807) is 0 Å². The summed E-state index contributed by atoms with van der Waals surface area (Å²) in [5.74, 6) is 0. The van der Waals surface area contributed by atoms with Crippen LogP contribution in [-0.4, -0.2) is 37.5 Å². The molecule has 1 saturated heterocycles. The molecular formula is C16H18F2N2. The van der Waals surface area contributed by atoms with Gasteiger partial charge in [0.25, 0.3) is 6.43 Å². The summed E-state index contributed by atoms with van der Waals surface area (Å²) in [6.07, 6.45) is -2.38. The molecule has 20 heavy (non-hydrogen) atoms. The highest BCUT2D eigenvalue weighted by molar-refractivity contribution is 5.86. The Bertz CT molecular complexity index is 574. The first-order chi connectivity index (χ1) is 9.77. The Labute approximate surface area is 117 Å². The van der Waals surface area contributed by atoms with Gasteiger partial charge in [0.15, 0.2) is 0 Å². The fourth-order valence-electron chi connectivity index (χ4n) is 2.96. The van der Waals surface area contributed by atoms with Crippen LogP contribution in [0.1, 0.15) is 11.6 Å². The van der Waals surface area contributed by atoms with E-state index in [0.29, 0.717) is 13.1 Å². The molecule has 106 valence electrons. The van der Waals surface area contributed by atoms with Gasteiger partial charge in [-0.05, 0) is 16.3 Å². The van der Waals surface area contributed by atoms with Gasteiger partial charge in [-0.15, -0.1) is 0 Å². The molecule has 0 unspecified atom stereocenters. The zero-order valence-corrected chi connectivity index (χ0v) is 11.2. The summed E-state index contributed by atoms with van der Waals surface area (Å²) >= 11 is 0. The Morgan fingerprint density at radius 3 is 2.40 bits per heavy atom. The van der Waals surface area contributed by atoms with E-state index in [1.165, 1.54) is 0 Å². The molecule has 0 spiro atoms. The van der Waals surface area contributed by atoms with Crippen molar-refractivity contribution in [3.8, 4) is 0 Å². The molecule has 1 heterocycles. The fraction of sp³-hybridized carbons (Fsp3) is 0.375. The second kappa shape index (κ2) is 5.85. The summed E-state index contributed by atoms with van der Waals surface area (Å²) in [6, 6.07) is 12.6. The number of hydrogen-bond donors (Lipinski definition) is 1. The Kier molecular flexibility index (Phi) is 3.94. The quantitative estimate of drug-likeness (QED) is 0.927. The lowest BCUT2D eigenvalue weighted by Gasteiger charge is -2.35. The second-order valence-electron chi connectivity index (χ2n) is 5.13. The van der Waals surface area contributed by atoms with Gasteiger partial charge in [-0.25, -0.2) is 8.78 Å². The molecule has 0 amide bonds. The summed E-state index contributed by atoms with van der Waals surface area (Å²) in [5.41, 5.74) is 0.736. The van der Waals surface area contributed by atoms with Crippen molar-refractivity contribution in [2.24, 2.45) is 0 Å². The van der Waals surface area contributed by atoms with E-state index in [9.17, 15) is 8.78 Å². The summed E-state index contributed by atoms with van der Waals surface area (Å²) in [7, 11) is 0. The third-order valence-corrected chi connectivity index (χ3v) is 3.93. The van der Waals surface area contributed by atoms with Gasteiger partial charge in [0.2, 0.25) is 0 Å². The number of piperazine rings is 1. The van der Waals surface area contributed by atoms with Gasteiger partial charge in [-0.1, -0.05) is 42.5 Å².